The Balaban J connectivity index is 1.50. The first kappa shape index (κ1) is 19.8. The highest BCUT2D eigenvalue weighted by Crippen LogP contribution is 2.22. The van der Waals surface area contributed by atoms with Crippen molar-refractivity contribution in [2.75, 3.05) is 11.9 Å². The number of nitrogens with one attached hydrogen (secondary N) is 1. The molecular weight excluding hydrogens is 428 g/mol. The van der Waals surface area contributed by atoms with Crippen molar-refractivity contribution in [2.24, 2.45) is 0 Å². The SMILES string of the molecule is CC(OC(=O)CCN1C(=O)c2ccccc2C1=O)C(=O)Nc1ccc(Br)cc1. The highest BCUT2D eigenvalue weighted by atomic mass is 79.9. The van der Waals surface area contributed by atoms with Crippen LogP contribution in [0.5, 0.6) is 0 Å². The summed E-state index contributed by atoms with van der Waals surface area (Å²) in [4.78, 5) is 49.7. The van der Waals surface area contributed by atoms with Crippen LogP contribution in [0.1, 0.15) is 34.1 Å². The molecule has 1 N–H and O–H groups in total. The number of hydrogen-bond donors (Lipinski definition) is 1. The van der Waals surface area contributed by atoms with Gasteiger partial charge in [-0.15, -0.1) is 0 Å². The van der Waals surface area contributed by atoms with Crippen molar-refractivity contribution >= 4 is 45.3 Å². The summed E-state index contributed by atoms with van der Waals surface area (Å²) in [6, 6.07) is 13.5. The van der Waals surface area contributed by atoms with Crippen molar-refractivity contribution < 1.29 is 23.9 Å². The van der Waals surface area contributed by atoms with Gasteiger partial charge in [-0.05, 0) is 43.3 Å². The molecular formula is C20H17BrN2O5. The zero-order chi connectivity index (χ0) is 20.3. The molecule has 0 aromatic heterocycles. The Bertz CT molecular complexity index is 907. The number of esters is 1. The van der Waals surface area contributed by atoms with E-state index in [9.17, 15) is 19.2 Å². The summed E-state index contributed by atoms with van der Waals surface area (Å²) < 4.78 is 5.98. The molecule has 144 valence electrons. The maximum Gasteiger partial charge on any atom is 0.308 e. The second kappa shape index (κ2) is 8.35. The monoisotopic (exact) mass is 444 g/mol. The molecule has 7 nitrogen and oxygen atoms in total. The molecule has 1 aliphatic heterocycles. The van der Waals surface area contributed by atoms with Crippen LogP contribution in [-0.4, -0.2) is 41.2 Å². The lowest BCUT2D eigenvalue weighted by molar-refractivity contribution is -0.153. The fourth-order valence-electron chi connectivity index (χ4n) is 2.73. The van der Waals surface area contributed by atoms with Gasteiger partial charge in [0, 0.05) is 16.7 Å². The minimum atomic E-state index is -1.02. The number of rotatable bonds is 6. The van der Waals surface area contributed by atoms with E-state index in [4.69, 9.17) is 4.74 Å². The number of fused-ring (bicyclic) bond motifs is 1. The minimum Gasteiger partial charge on any atom is -0.452 e. The highest BCUT2D eigenvalue weighted by molar-refractivity contribution is 9.10. The number of imide groups is 1. The molecule has 0 aliphatic carbocycles. The molecule has 0 saturated carbocycles. The molecule has 1 unspecified atom stereocenters. The van der Waals surface area contributed by atoms with Gasteiger partial charge in [-0.25, -0.2) is 0 Å². The lowest BCUT2D eigenvalue weighted by Gasteiger charge is -2.16. The Labute approximate surface area is 169 Å². The number of benzene rings is 2. The Morgan fingerprint density at radius 3 is 2.18 bits per heavy atom. The van der Waals surface area contributed by atoms with Crippen molar-refractivity contribution in [1.29, 1.82) is 0 Å². The van der Waals surface area contributed by atoms with Gasteiger partial charge in [0.05, 0.1) is 17.5 Å². The topological polar surface area (TPSA) is 92.8 Å². The quantitative estimate of drug-likeness (QED) is 0.545. The third-order valence-corrected chi connectivity index (χ3v) is 4.74. The summed E-state index contributed by atoms with van der Waals surface area (Å²) in [5.41, 5.74) is 1.22. The molecule has 1 aliphatic rings. The summed E-state index contributed by atoms with van der Waals surface area (Å²) in [6.45, 7) is 1.35. The fourth-order valence-corrected chi connectivity index (χ4v) is 3.00. The van der Waals surface area contributed by atoms with Gasteiger partial charge in [0.25, 0.3) is 17.7 Å². The van der Waals surface area contributed by atoms with Crippen LogP contribution in [0.3, 0.4) is 0 Å². The normalized spacial score (nSPS) is 13.9. The second-order valence-electron chi connectivity index (χ2n) is 6.19. The summed E-state index contributed by atoms with van der Waals surface area (Å²) in [5.74, 6) is -2.02. The van der Waals surface area contributed by atoms with Crippen LogP contribution in [0.15, 0.2) is 53.0 Å². The van der Waals surface area contributed by atoms with Crippen molar-refractivity contribution in [3.05, 3.63) is 64.1 Å². The van der Waals surface area contributed by atoms with Crippen molar-refractivity contribution in [1.82, 2.24) is 4.90 Å². The van der Waals surface area contributed by atoms with Crippen LogP contribution in [0, 0.1) is 0 Å². The van der Waals surface area contributed by atoms with Gasteiger partial charge in [0.2, 0.25) is 0 Å². The van der Waals surface area contributed by atoms with E-state index in [2.05, 4.69) is 21.2 Å². The Morgan fingerprint density at radius 2 is 1.61 bits per heavy atom. The van der Waals surface area contributed by atoms with E-state index in [1.165, 1.54) is 6.92 Å². The predicted octanol–water partition coefficient (Wildman–Crippen LogP) is 3.01. The van der Waals surface area contributed by atoms with E-state index in [1.54, 1.807) is 48.5 Å². The van der Waals surface area contributed by atoms with Crippen LogP contribution < -0.4 is 5.32 Å². The molecule has 2 aromatic carbocycles. The van der Waals surface area contributed by atoms with Crippen molar-refractivity contribution in [2.45, 2.75) is 19.4 Å². The molecule has 28 heavy (non-hydrogen) atoms. The number of hydrogen-bond acceptors (Lipinski definition) is 5. The molecule has 0 spiro atoms. The van der Waals surface area contributed by atoms with E-state index in [1.807, 2.05) is 0 Å². The molecule has 8 heteroatoms. The van der Waals surface area contributed by atoms with Gasteiger partial charge in [-0.3, -0.25) is 24.1 Å². The summed E-state index contributed by atoms with van der Waals surface area (Å²) in [6.07, 6.45) is -1.21. The molecule has 2 aromatic rings. The molecule has 3 amide bonds. The summed E-state index contributed by atoms with van der Waals surface area (Å²) in [7, 11) is 0. The summed E-state index contributed by atoms with van der Waals surface area (Å²) in [5, 5.41) is 2.64. The van der Waals surface area contributed by atoms with Gasteiger partial charge in [0.1, 0.15) is 0 Å². The smallest absolute Gasteiger partial charge is 0.308 e. The fraction of sp³-hybridized carbons (Fsp3) is 0.200. The number of carbonyl (C=O) groups excluding carboxylic acids is 4. The average molecular weight is 445 g/mol. The van der Waals surface area contributed by atoms with E-state index in [0.717, 1.165) is 9.37 Å². The van der Waals surface area contributed by atoms with Gasteiger partial charge in [-0.2, -0.15) is 0 Å². The first-order valence-corrected chi connectivity index (χ1v) is 9.37. The van der Waals surface area contributed by atoms with E-state index < -0.39 is 29.8 Å². The van der Waals surface area contributed by atoms with Crippen LogP contribution in [-0.2, 0) is 14.3 Å². The lowest BCUT2D eigenvalue weighted by atomic mass is 10.1. The second-order valence-corrected chi connectivity index (χ2v) is 7.10. The predicted molar refractivity (Wildman–Crippen MR) is 105 cm³/mol. The molecule has 0 radical (unpaired) electrons. The maximum absolute atomic E-state index is 12.3. The van der Waals surface area contributed by atoms with Crippen molar-refractivity contribution in [3.63, 3.8) is 0 Å². The largest absolute Gasteiger partial charge is 0.452 e. The highest BCUT2D eigenvalue weighted by Gasteiger charge is 2.35. The van der Waals surface area contributed by atoms with Gasteiger partial charge >= 0.3 is 5.97 Å². The molecule has 1 atom stereocenters. The van der Waals surface area contributed by atoms with Crippen molar-refractivity contribution in [3.8, 4) is 0 Å². The minimum absolute atomic E-state index is 0.105. The van der Waals surface area contributed by atoms with E-state index in [0.29, 0.717) is 16.8 Å². The van der Waals surface area contributed by atoms with Gasteiger partial charge in [0.15, 0.2) is 6.10 Å². The number of carbonyl (C=O) groups is 4. The Kier molecular flexibility index (Phi) is 5.89. The molecule has 0 fully saturated rings. The van der Waals surface area contributed by atoms with E-state index >= 15 is 0 Å². The lowest BCUT2D eigenvalue weighted by Crippen LogP contribution is -2.34. The number of anilines is 1. The zero-order valence-corrected chi connectivity index (χ0v) is 16.6. The number of halogens is 1. The Morgan fingerprint density at radius 1 is 1.04 bits per heavy atom. The molecule has 3 rings (SSSR count). The molecule has 1 heterocycles. The Hall–Kier alpha value is -3.00. The maximum atomic E-state index is 12.3. The first-order valence-electron chi connectivity index (χ1n) is 8.58. The van der Waals surface area contributed by atoms with Gasteiger partial charge < -0.3 is 10.1 Å². The van der Waals surface area contributed by atoms with E-state index in [-0.39, 0.29) is 13.0 Å². The van der Waals surface area contributed by atoms with Crippen LogP contribution in [0.2, 0.25) is 0 Å². The van der Waals surface area contributed by atoms with Crippen LogP contribution in [0.25, 0.3) is 0 Å². The third kappa shape index (κ3) is 4.28. The van der Waals surface area contributed by atoms with Crippen LogP contribution in [0.4, 0.5) is 5.69 Å². The average Bonchev–Trinajstić information content (AvgIpc) is 2.92. The molecule has 0 saturated heterocycles. The third-order valence-electron chi connectivity index (χ3n) is 4.21. The molecule has 0 bridgehead atoms. The number of ether oxygens (including phenoxy) is 1. The van der Waals surface area contributed by atoms with Crippen LogP contribution >= 0.6 is 15.9 Å². The van der Waals surface area contributed by atoms with Gasteiger partial charge in [-0.1, -0.05) is 28.1 Å². The summed E-state index contributed by atoms with van der Waals surface area (Å²) >= 11 is 3.30. The number of nitrogens with zero attached hydrogens (tertiary/aromatic N) is 1. The standard InChI is InChI=1S/C20H17BrN2O5/c1-12(18(25)22-14-8-6-13(21)7-9-14)28-17(24)10-11-23-19(26)15-4-2-3-5-16(15)20(23)27/h2-9,12H,10-11H2,1H3,(H,22,25). The first-order chi connectivity index (χ1) is 13.4. The zero-order valence-electron chi connectivity index (χ0n) is 15.0. The number of amides is 3.